The first-order chi connectivity index (χ1) is 17.7. The number of aliphatic carboxylic acids is 1. The number of nitrogens with two attached hydrogens (primary N) is 2. The van der Waals surface area contributed by atoms with Crippen LogP contribution in [0, 0.1) is 10.8 Å². The quantitative estimate of drug-likeness (QED) is 0.290. The van der Waals surface area contributed by atoms with Gasteiger partial charge < -0.3 is 27.2 Å². The summed E-state index contributed by atoms with van der Waals surface area (Å²) in [5.74, 6) is -1.70. The van der Waals surface area contributed by atoms with Crippen LogP contribution in [0.1, 0.15) is 25.7 Å². The predicted molar refractivity (Wildman–Crippen MR) is 135 cm³/mol. The fourth-order valence-corrected chi connectivity index (χ4v) is 3.66. The third-order valence-electron chi connectivity index (χ3n) is 6.43. The van der Waals surface area contributed by atoms with Gasteiger partial charge in [-0.15, -0.1) is 0 Å². The Balaban J connectivity index is 0.000000301. The standard InChI is InChI=1S/C21H19N5O2.C5H7NO3/c22-19(27)21(8-9-21)20(28)26-18-13-15(7-11-24-18)14-6-10-23-17(12-14)25-16-4-2-1-3-5-16;6-3(7)5(1-2-5)4(8)9/h1-7,10-13H,8-9H2,(H2,22,27)(H,23,25)(H,24,26,28);1-2H2,(H2,6,7)(H,8,9). The number of benzene rings is 1. The fraction of sp³-hybridized carbons (Fsp3) is 0.231. The van der Waals surface area contributed by atoms with E-state index in [9.17, 15) is 19.2 Å². The Bertz CT molecular complexity index is 1340. The maximum Gasteiger partial charge on any atom is 0.319 e. The van der Waals surface area contributed by atoms with Gasteiger partial charge in [0.1, 0.15) is 22.5 Å². The smallest absolute Gasteiger partial charge is 0.319 e. The first-order valence-electron chi connectivity index (χ1n) is 11.6. The zero-order chi connectivity index (χ0) is 26.6. The Morgan fingerprint density at radius 3 is 1.73 bits per heavy atom. The second-order valence-corrected chi connectivity index (χ2v) is 9.00. The van der Waals surface area contributed by atoms with E-state index in [4.69, 9.17) is 16.6 Å². The highest BCUT2D eigenvalue weighted by Crippen LogP contribution is 2.46. The minimum atomic E-state index is -1.19. The molecule has 0 radical (unpaired) electrons. The monoisotopic (exact) mass is 502 g/mol. The number of anilines is 3. The molecule has 0 aliphatic heterocycles. The summed E-state index contributed by atoms with van der Waals surface area (Å²) < 4.78 is 0. The molecule has 2 aliphatic carbocycles. The molecule has 0 saturated heterocycles. The lowest BCUT2D eigenvalue weighted by Crippen LogP contribution is -2.36. The molecular formula is C26H26N6O5. The molecule has 2 heterocycles. The van der Waals surface area contributed by atoms with Gasteiger partial charge in [0.2, 0.25) is 17.7 Å². The van der Waals surface area contributed by atoms with Crippen molar-refractivity contribution < 1.29 is 24.3 Å². The van der Waals surface area contributed by atoms with Crippen molar-refractivity contribution in [2.45, 2.75) is 25.7 Å². The number of carbonyl (C=O) groups is 4. The highest BCUT2D eigenvalue weighted by Gasteiger charge is 2.56. The lowest BCUT2D eigenvalue weighted by Gasteiger charge is -2.12. The fourth-order valence-electron chi connectivity index (χ4n) is 3.66. The second kappa shape index (κ2) is 10.1. The second-order valence-electron chi connectivity index (χ2n) is 9.00. The van der Waals surface area contributed by atoms with Crippen LogP contribution in [0.3, 0.4) is 0 Å². The molecule has 0 bridgehead atoms. The van der Waals surface area contributed by atoms with E-state index < -0.39 is 34.5 Å². The van der Waals surface area contributed by atoms with Crippen molar-refractivity contribution in [1.29, 1.82) is 0 Å². The van der Waals surface area contributed by atoms with Crippen molar-refractivity contribution in [3.8, 4) is 11.1 Å². The molecule has 0 unspecified atom stereocenters. The van der Waals surface area contributed by atoms with Crippen LogP contribution >= 0.6 is 0 Å². The Labute approximate surface area is 212 Å². The van der Waals surface area contributed by atoms with Crippen LogP contribution in [0.15, 0.2) is 67.0 Å². The molecule has 2 fully saturated rings. The minimum Gasteiger partial charge on any atom is -0.480 e. The number of aromatic nitrogens is 2. The lowest BCUT2D eigenvalue weighted by atomic mass is 10.1. The number of carboxylic acid groups (broad SMARTS) is 1. The molecule has 3 aromatic rings. The molecule has 2 aromatic heterocycles. The normalized spacial score (nSPS) is 15.8. The number of pyridine rings is 2. The summed E-state index contributed by atoms with van der Waals surface area (Å²) >= 11 is 0. The Hall–Kier alpha value is -4.80. The molecule has 190 valence electrons. The van der Waals surface area contributed by atoms with Crippen LogP contribution in [0.5, 0.6) is 0 Å². The van der Waals surface area contributed by atoms with E-state index in [1.54, 1.807) is 18.5 Å². The van der Waals surface area contributed by atoms with Gasteiger partial charge in [0.25, 0.3) is 0 Å². The number of para-hydroxylation sites is 1. The number of carbonyl (C=O) groups excluding carboxylic acids is 3. The van der Waals surface area contributed by atoms with Gasteiger partial charge in [0, 0.05) is 18.1 Å². The van der Waals surface area contributed by atoms with E-state index in [2.05, 4.69) is 20.6 Å². The van der Waals surface area contributed by atoms with Crippen LogP contribution in [0.2, 0.25) is 0 Å². The number of nitrogens with one attached hydrogen (secondary N) is 2. The van der Waals surface area contributed by atoms with Crippen molar-refractivity contribution in [2.24, 2.45) is 22.3 Å². The molecule has 11 nitrogen and oxygen atoms in total. The molecule has 1 aromatic carbocycles. The average molecular weight is 503 g/mol. The van der Waals surface area contributed by atoms with Gasteiger partial charge in [-0.05, 0) is 73.2 Å². The van der Waals surface area contributed by atoms with E-state index in [0.29, 0.717) is 37.3 Å². The number of nitrogens with zero attached hydrogens (tertiary/aromatic N) is 2. The van der Waals surface area contributed by atoms with Gasteiger partial charge in [-0.25, -0.2) is 9.97 Å². The molecule has 7 N–H and O–H groups in total. The van der Waals surface area contributed by atoms with Crippen LogP contribution in [-0.4, -0.2) is 38.8 Å². The van der Waals surface area contributed by atoms with Crippen LogP contribution in [0.25, 0.3) is 11.1 Å². The topological polar surface area (TPSA) is 190 Å². The largest absolute Gasteiger partial charge is 0.480 e. The molecule has 5 rings (SSSR count). The van der Waals surface area contributed by atoms with Gasteiger partial charge in [0.05, 0.1) is 0 Å². The lowest BCUT2D eigenvalue weighted by molar-refractivity contribution is -0.148. The summed E-state index contributed by atoms with van der Waals surface area (Å²) in [6, 6.07) is 17.2. The van der Waals surface area contributed by atoms with Crippen LogP contribution in [0.4, 0.5) is 17.3 Å². The highest BCUT2D eigenvalue weighted by atomic mass is 16.4. The number of rotatable bonds is 8. The third-order valence-corrected chi connectivity index (χ3v) is 6.43. The van der Waals surface area contributed by atoms with Crippen LogP contribution in [-0.2, 0) is 19.2 Å². The highest BCUT2D eigenvalue weighted by molar-refractivity contribution is 6.12. The van der Waals surface area contributed by atoms with Gasteiger partial charge in [-0.2, -0.15) is 0 Å². The molecule has 2 aliphatic rings. The number of primary amides is 2. The molecule has 37 heavy (non-hydrogen) atoms. The van der Waals surface area contributed by atoms with E-state index in [0.717, 1.165) is 16.8 Å². The maximum atomic E-state index is 12.4. The summed E-state index contributed by atoms with van der Waals surface area (Å²) in [4.78, 5) is 53.0. The number of hydrogen-bond acceptors (Lipinski definition) is 7. The molecule has 0 atom stereocenters. The zero-order valence-electron chi connectivity index (χ0n) is 19.8. The molecular weight excluding hydrogens is 476 g/mol. The van der Waals surface area contributed by atoms with E-state index in [-0.39, 0.29) is 0 Å². The summed E-state index contributed by atoms with van der Waals surface area (Å²) in [6.45, 7) is 0. The summed E-state index contributed by atoms with van der Waals surface area (Å²) in [6.07, 6.45) is 5.08. The van der Waals surface area contributed by atoms with Crippen molar-refractivity contribution in [2.75, 3.05) is 10.6 Å². The van der Waals surface area contributed by atoms with E-state index >= 15 is 0 Å². The van der Waals surface area contributed by atoms with Gasteiger partial charge >= 0.3 is 5.97 Å². The van der Waals surface area contributed by atoms with Gasteiger partial charge in [-0.3, -0.25) is 19.2 Å². The number of hydrogen-bond donors (Lipinski definition) is 5. The maximum absolute atomic E-state index is 12.4. The zero-order valence-corrected chi connectivity index (χ0v) is 19.8. The first-order valence-corrected chi connectivity index (χ1v) is 11.6. The summed E-state index contributed by atoms with van der Waals surface area (Å²) in [7, 11) is 0. The minimum absolute atomic E-state index is 0.379. The first kappa shape index (κ1) is 25.3. The third kappa shape index (κ3) is 5.56. The van der Waals surface area contributed by atoms with Crippen molar-refractivity contribution in [3.63, 3.8) is 0 Å². The molecule has 11 heteroatoms. The Morgan fingerprint density at radius 2 is 1.27 bits per heavy atom. The van der Waals surface area contributed by atoms with E-state index in [1.807, 2.05) is 48.5 Å². The Kier molecular flexibility index (Phi) is 6.87. The van der Waals surface area contributed by atoms with Gasteiger partial charge in [-0.1, -0.05) is 18.2 Å². The van der Waals surface area contributed by atoms with Crippen molar-refractivity contribution >= 4 is 41.0 Å². The molecule has 2 saturated carbocycles. The SMILES string of the molecule is NC(=O)C1(C(=O)Nc2cc(-c3ccnc(Nc4ccccc4)c3)ccn2)CC1.NC(=O)C1(C(=O)O)CC1. The Morgan fingerprint density at radius 1 is 0.757 bits per heavy atom. The summed E-state index contributed by atoms with van der Waals surface area (Å²) in [5.41, 5.74) is 10.6. The number of amides is 3. The average Bonchev–Trinajstić information content (AvgIpc) is 3.79. The van der Waals surface area contributed by atoms with Crippen LogP contribution < -0.4 is 22.1 Å². The number of carboxylic acids is 1. The summed E-state index contributed by atoms with van der Waals surface area (Å²) in [5, 5.41) is 14.3. The van der Waals surface area contributed by atoms with E-state index in [1.165, 1.54) is 0 Å². The van der Waals surface area contributed by atoms with Gasteiger partial charge in [0.15, 0.2) is 0 Å². The molecule has 0 spiro atoms. The molecule has 3 amide bonds. The van der Waals surface area contributed by atoms with Crippen molar-refractivity contribution in [3.05, 3.63) is 67.0 Å². The predicted octanol–water partition coefficient (Wildman–Crippen LogP) is 2.43. The van der Waals surface area contributed by atoms with Crippen molar-refractivity contribution in [1.82, 2.24) is 9.97 Å².